The number of carbonyl (C=O) groups is 1. The maximum atomic E-state index is 9.36. The first kappa shape index (κ1) is 9.82. The molecule has 0 heterocycles. The van der Waals surface area contributed by atoms with Crippen molar-refractivity contribution < 1.29 is 48.9 Å². The fourth-order valence-electron chi connectivity index (χ4n) is 0. The van der Waals surface area contributed by atoms with E-state index >= 15 is 0 Å². The number of hydrogen-bond acceptors (Lipinski definition) is 1. The predicted molar refractivity (Wildman–Crippen MR) is 19.5 cm³/mol. The van der Waals surface area contributed by atoms with E-state index in [0.717, 1.165) is 6.08 Å². The van der Waals surface area contributed by atoms with Crippen LogP contribution in [0.3, 0.4) is 0 Å². The Morgan fingerprint density at radius 1 is 1.83 bits per heavy atom. The average molecular weight is 297 g/mol. The van der Waals surface area contributed by atoms with Crippen molar-refractivity contribution in [1.29, 1.82) is 0 Å². The molecule has 0 aliphatic heterocycles. The van der Waals surface area contributed by atoms with Crippen molar-refractivity contribution in [2.24, 2.45) is 0 Å². The van der Waals surface area contributed by atoms with Crippen LogP contribution in [0.1, 0.15) is 0 Å². The maximum Gasteiger partial charge on any atom is 0.0716 e. The van der Waals surface area contributed by atoms with Crippen LogP contribution in [0.15, 0.2) is 12.7 Å². The molecule has 0 bridgehead atoms. The Hall–Kier alpha value is 0.652. The summed E-state index contributed by atoms with van der Waals surface area (Å²) < 4.78 is 0. The van der Waals surface area contributed by atoms with Crippen LogP contribution in [-0.4, -0.2) is 5.91 Å². The second kappa shape index (κ2) is 5.65. The SMILES string of the molecule is C=CC([NH-])=O.[Ac]. The van der Waals surface area contributed by atoms with Gasteiger partial charge in [0.15, 0.2) is 0 Å². The standard InChI is InChI=1S/C3H5NO.Ac/c1-2-3(4)5;/h2H,1H2,(H2,4,5);/p-1. The first-order chi connectivity index (χ1) is 2.27. The van der Waals surface area contributed by atoms with E-state index < -0.39 is 5.91 Å². The van der Waals surface area contributed by atoms with Gasteiger partial charge in [0.1, 0.15) is 0 Å². The van der Waals surface area contributed by atoms with Crippen LogP contribution < -0.4 is 0 Å². The topological polar surface area (TPSA) is 40.9 Å². The number of hydrogen-bond donors (Lipinski definition) is 0. The molecule has 0 aromatic heterocycles. The summed E-state index contributed by atoms with van der Waals surface area (Å²) in [6.07, 6.45) is 0.944. The molecule has 0 spiro atoms. The average Bonchev–Trinajstić information content (AvgIpc) is 1.38. The zero-order valence-corrected chi connectivity index (χ0v) is 8.02. The molecule has 0 saturated heterocycles. The van der Waals surface area contributed by atoms with Crippen LogP contribution in [-0.2, 0) is 4.79 Å². The molecular formula is C3H4AcNO-. The predicted octanol–water partition coefficient (Wildman–Crippen LogP) is 0.751. The minimum atomic E-state index is -0.731. The van der Waals surface area contributed by atoms with E-state index in [1.165, 1.54) is 0 Å². The molecule has 0 unspecified atom stereocenters. The van der Waals surface area contributed by atoms with Crippen LogP contribution in [0.4, 0.5) is 0 Å². The van der Waals surface area contributed by atoms with Gasteiger partial charge in [-0.1, -0.05) is 6.58 Å². The Morgan fingerprint density at radius 2 is 2.00 bits per heavy atom. The smallest absolute Gasteiger partial charge is 0.0716 e. The van der Waals surface area contributed by atoms with E-state index in [9.17, 15) is 4.79 Å². The summed E-state index contributed by atoms with van der Waals surface area (Å²) in [6.45, 7) is 3.02. The third-order valence-corrected chi connectivity index (χ3v) is 0.185. The molecule has 0 saturated carbocycles. The Bertz CT molecular complexity index is 61.8. The van der Waals surface area contributed by atoms with Gasteiger partial charge in [0.25, 0.3) is 0 Å². The Morgan fingerprint density at radius 3 is 2.00 bits per heavy atom. The molecule has 31 valence electrons. The third kappa shape index (κ3) is 8.82. The van der Waals surface area contributed by atoms with Gasteiger partial charge in [-0.15, -0.1) is 0 Å². The summed E-state index contributed by atoms with van der Waals surface area (Å²) in [5, 5.41) is 0. The number of carbonyl (C=O) groups excluding carboxylic acids is 1. The molecule has 0 rings (SSSR count). The van der Waals surface area contributed by atoms with Gasteiger partial charge in [-0.2, -0.15) is 0 Å². The molecule has 0 aliphatic carbocycles. The van der Waals surface area contributed by atoms with Crippen molar-refractivity contribution in [1.82, 2.24) is 0 Å². The summed E-state index contributed by atoms with van der Waals surface area (Å²) in [4.78, 5) is 9.36. The molecule has 1 amide bonds. The number of nitrogens with one attached hydrogen (secondary N) is 1. The van der Waals surface area contributed by atoms with Gasteiger partial charge in [-0.05, 0) is 6.08 Å². The maximum absolute atomic E-state index is 9.36. The molecule has 0 fully saturated rings. The number of rotatable bonds is 1. The van der Waals surface area contributed by atoms with Crippen LogP contribution in [0.5, 0.6) is 0 Å². The van der Waals surface area contributed by atoms with Gasteiger partial charge in [0.2, 0.25) is 0 Å². The molecule has 0 aliphatic rings. The molecule has 0 aromatic carbocycles. The second-order valence-corrected chi connectivity index (χ2v) is 0.568. The number of amides is 1. The normalized spacial score (nSPS) is 5.33. The van der Waals surface area contributed by atoms with Crippen LogP contribution in [0, 0.1) is 44.1 Å². The molecular weight excluding hydrogens is 293 g/mol. The summed E-state index contributed by atoms with van der Waals surface area (Å²) in [7, 11) is 0. The Labute approximate surface area is 72.3 Å². The van der Waals surface area contributed by atoms with E-state index in [4.69, 9.17) is 5.73 Å². The van der Waals surface area contributed by atoms with Gasteiger partial charge in [0.05, 0.1) is 5.91 Å². The van der Waals surface area contributed by atoms with Crippen molar-refractivity contribution in [3.8, 4) is 0 Å². The first-order valence-corrected chi connectivity index (χ1v) is 1.15. The van der Waals surface area contributed by atoms with E-state index in [-0.39, 0.29) is 44.1 Å². The second-order valence-electron chi connectivity index (χ2n) is 0.568. The minimum Gasteiger partial charge on any atom is -0.664 e. The quantitative estimate of drug-likeness (QED) is 0.659. The van der Waals surface area contributed by atoms with Crippen molar-refractivity contribution in [2.45, 2.75) is 0 Å². The van der Waals surface area contributed by atoms with Crippen molar-refractivity contribution in [3.05, 3.63) is 18.4 Å². The van der Waals surface area contributed by atoms with Crippen LogP contribution >= 0.6 is 0 Å². The van der Waals surface area contributed by atoms with Crippen molar-refractivity contribution in [3.63, 3.8) is 0 Å². The molecule has 2 nitrogen and oxygen atoms in total. The first-order valence-electron chi connectivity index (χ1n) is 1.15. The Balaban J connectivity index is 0. The van der Waals surface area contributed by atoms with E-state index in [2.05, 4.69) is 6.58 Å². The molecule has 0 atom stereocenters. The van der Waals surface area contributed by atoms with Gasteiger partial charge < -0.3 is 10.5 Å². The van der Waals surface area contributed by atoms with E-state index in [1.54, 1.807) is 0 Å². The van der Waals surface area contributed by atoms with E-state index in [1.807, 2.05) is 0 Å². The zero-order valence-electron chi connectivity index (χ0n) is 3.27. The molecule has 0 aromatic rings. The summed E-state index contributed by atoms with van der Waals surface area (Å²) in [5.41, 5.74) is 6.07. The minimum absolute atomic E-state index is 0. The fourth-order valence-corrected chi connectivity index (χ4v) is 0. The van der Waals surface area contributed by atoms with Gasteiger partial charge >= 0.3 is 0 Å². The Kier molecular flexibility index (Phi) is 9.25. The summed E-state index contributed by atoms with van der Waals surface area (Å²) >= 11 is 0. The summed E-state index contributed by atoms with van der Waals surface area (Å²) in [6, 6.07) is 0. The molecule has 6 heavy (non-hydrogen) atoms. The van der Waals surface area contributed by atoms with E-state index in [0.29, 0.717) is 0 Å². The monoisotopic (exact) mass is 297 g/mol. The van der Waals surface area contributed by atoms with Gasteiger partial charge in [0, 0.05) is 44.1 Å². The molecule has 1 radical (unpaired) electrons. The van der Waals surface area contributed by atoms with Gasteiger partial charge in [-0.3, -0.25) is 0 Å². The fraction of sp³-hybridized carbons (Fsp3) is 0. The molecule has 3 heteroatoms. The molecule has 1 N–H and O–H groups in total. The van der Waals surface area contributed by atoms with Crippen LogP contribution in [0.2, 0.25) is 0 Å². The summed E-state index contributed by atoms with van der Waals surface area (Å²) in [5.74, 6) is -0.731. The van der Waals surface area contributed by atoms with Crippen molar-refractivity contribution >= 4 is 5.91 Å². The third-order valence-electron chi connectivity index (χ3n) is 0.185. The zero-order chi connectivity index (χ0) is 4.28. The largest absolute Gasteiger partial charge is 0.664 e. The van der Waals surface area contributed by atoms with Crippen molar-refractivity contribution in [2.75, 3.05) is 0 Å². The van der Waals surface area contributed by atoms with Crippen LogP contribution in [0.25, 0.3) is 5.73 Å². The van der Waals surface area contributed by atoms with Gasteiger partial charge in [-0.25, -0.2) is 0 Å².